The van der Waals surface area contributed by atoms with Gasteiger partial charge in [0.05, 0.1) is 15.8 Å². The zero-order valence-electron chi connectivity index (χ0n) is 14.0. The minimum atomic E-state index is -0.0619. The van der Waals surface area contributed by atoms with E-state index in [-0.39, 0.29) is 5.56 Å². The number of para-hydroxylation sites is 1. The highest BCUT2D eigenvalue weighted by Crippen LogP contribution is 2.11. The zero-order valence-corrected chi connectivity index (χ0v) is 14.8. The molecular formula is C19H22N3O2S+. The van der Waals surface area contributed by atoms with Crippen LogP contribution in [0.1, 0.15) is 23.5 Å². The van der Waals surface area contributed by atoms with Crippen molar-refractivity contribution in [1.29, 1.82) is 0 Å². The summed E-state index contributed by atoms with van der Waals surface area (Å²) in [6.45, 7) is 3.42. The van der Waals surface area contributed by atoms with E-state index < -0.39 is 0 Å². The smallest absolute Gasteiger partial charge is 0.258 e. The Morgan fingerprint density at radius 2 is 2.16 bits per heavy atom. The molecule has 130 valence electrons. The van der Waals surface area contributed by atoms with Crippen LogP contribution in [0.3, 0.4) is 0 Å². The van der Waals surface area contributed by atoms with Crippen LogP contribution < -0.4 is 10.5 Å². The Morgan fingerprint density at radius 1 is 1.24 bits per heavy atom. The largest absolute Gasteiger partial charge is 0.372 e. The van der Waals surface area contributed by atoms with Gasteiger partial charge < -0.3 is 14.6 Å². The lowest BCUT2D eigenvalue weighted by molar-refractivity contribution is -0.930. The Hall–Kier alpha value is -2.02. The number of hydrogen-bond acceptors (Lipinski definition) is 4. The standard InChI is InChI=1S/C19H21N3O2S/c23-19-16-7-1-2-8-17(16)20-18(21-19)13-22(11-14-5-3-9-24-14)12-15-6-4-10-25-15/h1-2,4,6-8,10,14H,3,5,9,11-13H2,(H,20,21,23)/p+1/t14-/m1/s1. The predicted molar refractivity (Wildman–Crippen MR) is 98.9 cm³/mol. The van der Waals surface area contributed by atoms with Crippen molar-refractivity contribution in [3.05, 3.63) is 62.8 Å². The topological polar surface area (TPSA) is 59.4 Å². The third-order valence-electron chi connectivity index (χ3n) is 4.62. The van der Waals surface area contributed by atoms with Gasteiger partial charge in [-0.05, 0) is 36.4 Å². The highest BCUT2D eigenvalue weighted by atomic mass is 32.1. The van der Waals surface area contributed by atoms with Crippen molar-refractivity contribution in [3.63, 3.8) is 0 Å². The van der Waals surface area contributed by atoms with Gasteiger partial charge in [0.15, 0.2) is 5.82 Å². The second-order valence-corrected chi connectivity index (χ2v) is 7.58. The van der Waals surface area contributed by atoms with Crippen LogP contribution in [-0.4, -0.2) is 29.2 Å². The van der Waals surface area contributed by atoms with Crippen LogP contribution >= 0.6 is 11.3 Å². The molecule has 4 rings (SSSR count). The number of fused-ring (bicyclic) bond motifs is 1. The quantitative estimate of drug-likeness (QED) is 0.707. The molecule has 2 aromatic heterocycles. The Labute approximate surface area is 150 Å². The second kappa shape index (κ2) is 7.47. The van der Waals surface area contributed by atoms with E-state index in [1.807, 2.05) is 24.3 Å². The van der Waals surface area contributed by atoms with Crippen LogP contribution in [0.5, 0.6) is 0 Å². The number of hydrogen-bond donors (Lipinski definition) is 2. The number of H-pyrrole nitrogens is 1. The highest BCUT2D eigenvalue weighted by Gasteiger charge is 2.23. The van der Waals surface area contributed by atoms with Crippen molar-refractivity contribution >= 4 is 22.2 Å². The maximum atomic E-state index is 12.3. The number of benzene rings is 1. The summed E-state index contributed by atoms with van der Waals surface area (Å²) in [5.74, 6) is 0.744. The molecule has 0 amide bonds. The molecule has 1 unspecified atom stereocenters. The van der Waals surface area contributed by atoms with E-state index in [1.165, 1.54) is 9.78 Å². The van der Waals surface area contributed by atoms with Gasteiger partial charge in [-0.2, -0.15) is 0 Å². The van der Waals surface area contributed by atoms with Gasteiger partial charge in [-0.15, -0.1) is 11.3 Å². The lowest BCUT2D eigenvalue weighted by Crippen LogP contribution is -3.10. The monoisotopic (exact) mass is 356 g/mol. The first-order valence-corrected chi connectivity index (χ1v) is 9.61. The molecule has 0 spiro atoms. The molecule has 25 heavy (non-hydrogen) atoms. The van der Waals surface area contributed by atoms with Gasteiger partial charge in [0.25, 0.3) is 5.56 Å². The molecule has 1 fully saturated rings. The Morgan fingerprint density at radius 3 is 2.96 bits per heavy atom. The van der Waals surface area contributed by atoms with Crippen molar-refractivity contribution in [3.8, 4) is 0 Å². The summed E-state index contributed by atoms with van der Waals surface area (Å²) >= 11 is 1.77. The SMILES string of the molecule is O=c1[nH]c(C[NH+](Cc2cccs2)C[C@H]2CCCO2)nc2ccccc12. The molecule has 0 saturated carbocycles. The molecule has 2 atom stereocenters. The number of rotatable bonds is 6. The molecule has 0 bridgehead atoms. The van der Waals surface area contributed by atoms with E-state index in [9.17, 15) is 4.79 Å². The van der Waals surface area contributed by atoms with E-state index in [4.69, 9.17) is 4.74 Å². The molecule has 0 aliphatic carbocycles. The van der Waals surface area contributed by atoms with Crippen molar-refractivity contribution in [2.75, 3.05) is 13.2 Å². The fraction of sp³-hybridized carbons (Fsp3) is 0.368. The van der Waals surface area contributed by atoms with Crippen LogP contribution in [0.2, 0.25) is 0 Å². The van der Waals surface area contributed by atoms with E-state index in [0.717, 1.165) is 43.9 Å². The summed E-state index contributed by atoms with van der Waals surface area (Å²) in [4.78, 5) is 22.7. The molecule has 5 nitrogen and oxygen atoms in total. The number of nitrogens with zero attached hydrogens (tertiary/aromatic N) is 1. The van der Waals surface area contributed by atoms with E-state index in [1.54, 1.807) is 11.3 Å². The fourth-order valence-electron chi connectivity index (χ4n) is 3.45. The van der Waals surface area contributed by atoms with Gasteiger partial charge in [0.1, 0.15) is 25.7 Å². The Bertz CT molecular complexity index is 885. The second-order valence-electron chi connectivity index (χ2n) is 6.55. The molecule has 3 heterocycles. The summed E-state index contributed by atoms with van der Waals surface area (Å²) in [6, 6.07) is 11.7. The van der Waals surface area contributed by atoms with Gasteiger partial charge in [0.2, 0.25) is 0 Å². The number of aromatic amines is 1. The summed E-state index contributed by atoms with van der Waals surface area (Å²) in [5.41, 5.74) is 0.696. The van der Waals surface area contributed by atoms with Crippen molar-refractivity contribution < 1.29 is 9.64 Å². The van der Waals surface area contributed by atoms with Crippen LogP contribution in [0.25, 0.3) is 10.9 Å². The average Bonchev–Trinajstić information content (AvgIpc) is 3.29. The summed E-state index contributed by atoms with van der Waals surface area (Å²) in [6.07, 6.45) is 2.57. The van der Waals surface area contributed by atoms with Gasteiger partial charge in [-0.1, -0.05) is 18.2 Å². The first kappa shape index (κ1) is 16.4. The lowest BCUT2D eigenvalue weighted by Gasteiger charge is -2.21. The maximum absolute atomic E-state index is 12.3. The number of aromatic nitrogens is 2. The van der Waals surface area contributed by atoms with Crippen LogP contribution in [0.15, 0.2) is 46.6 Å². The van der Waals surface area contributed by atoms with Gasteiger partial charge >= 0.3 is 0 Å². The molecular weight excluding hydrogens is 334 g/mol. The molecule has 1 aromatic carbocycles. The summed E-state index contributed by atoms with van der Waals surface area (Å²) < 4.78 is 5.82. The summed E-state index contributed by atoms with van der Waals surface area (Å²) in [7, 11) is 0. The Kier molecular flexibility index (Phi) is 4.92. The van der Waals surface area contributed by atoms with E-state index in [0.29, 0.717) is 18.0 Å². The molecule has 1 saturated heterocycles. The molecule has 1 aliphatic heterocycles. The number of thiophene rings is 1. The normalized spacial score (nSPS) is 18.6. The van der Waals surface area contributed by atoms with Crippen molar-refractivity contribution in [2.45, 2.75) is 32.0 Å². The minimum Gasteiger partial charge on any atom is -0.372 e. The van der Waals surface area contributed by atoms with Crippen LogP contribution in [-0.2, 0) is 17.8 Å². The zero-order chi connectivity index (χ0) is 17.1. The third kappa shape index (κ3) is 3.98. The number of ether oxygens (including phenoxy) is 1. The minimum absolute atomic E-state index is 0.0619. The first-order chi connectivity index (χ1) is 12.3. The number of quaternary nitrogens is 1. The van der Waals surface area contributed by atoms with Crippen LogP contribution in [0.4, 0.5) is 0 Å². The fourth-order valence-corrected chi connectivity index (χ4v) is 4.23. The molecule has 6 heteroatoms. The highest BCUT2D eigenvalue weighted by molar-refractivity contribution is 7.09. The molecule has 3 aromatic rings. The predicted octanol–water partition coefficient (Wildman–Crippen LogP) is 1.75. The van der Waals surface area contributed by atoms with Crippen molar-refractivity contribution in [1.82, 2.24) is 9.97 Å². The third-order valence-corrected chi connectivity index (χ3v) is 5.50. The van der Waals surface area contributed by atoms with Gasteiger partial charge in [-0.25, -0.2) is 4.98 Å². The summed E-state index contributed by atoms with van der Waals surface area (Å²) in [5, 5.41) is 2.75. The van der Waals surface area contributed by atoms with Crippen LogP contribution in [0, 0.1) is 0 Å². The molecule has 2 N–H and O–H groups in total. The van der Waals surface area contributed by atoms with Gasteiger partial charge in [-0.3, -0.25) is 4.79 Å². The average molecular weight is 356 g/mol. The number of nitrogens with one attached hydrogen (secondary N) is 2. The van der Waals surface area contributed by atoms with Crippen molar-refractivity contribution in [2.24, 2.45) is 0 Å². The Balaban J connectivity index is 1.57. The molecule has 1 aliphatic rings. The maximum Gasteiger partial charge on any atom is 0.258 e. The van der Waals surface area contributed by atoms with E-state index >= 15 is 0 Å². The van der Waals surface area contributed by atoms with E-state index in [2.05, 4.69) is 27.5 Å². The first-order valence-electron chi connectivity index (χ1n) is 8.73. The lowest BCUT2D eigenvalue weighted by atomic mass is 10.2. The van der Waals surface area contributed by atoms with Gasteiger partial charge in [0, 0.05) is 6.61 Å². The molecule has 0 radical (unpaired) electrons.